The van der Waals surface area contributed by atoms with E-state index in [2.05, 4.69) is 20.8 Å². The molecule has 1 heterocycles. The van der Waals surface area contributed by atoms with Gasteiger partial charge in [-0.1, -0.05) is 47.4 Å². The second kappa shape index (κ2) is 8.28. The van der Waals surface area contributed by atoms with Crippen LogP contribution in [0.1, 0.15) is 5.56 Å². The van der Waals surface area contributed by atoms with Gasteiger partial charge in [0.2, 0.25) is 11.0 Å². The van der Waals surface area contributed by atoms with E-state index in [1.165, 1.54) is 23.1 Å². The molecule has 6 nitrogen and oxygen atoms in total. The molecule has 3 aromatic rings. The van der Waals surface area contributed by atoms with E-state index in [4.69, 9.17) is 5.26 Å². The van der Waals surface area contributed by atoms with Crippen molar-refractivity contribution in [3.05, 3.63) is 60.2 Å². The zero-order chi connectivity index (χ0) is 17.5. The number of benzene rings is 2. The summed E-state index contributed by atoms with van der Waals surface area (Å²) in [6.45, 7) is 0. The van der Waals surface area contributed by atoms with Crippen LogP contribution in [0.3, 0.4) is 0 Å². The molecule has 2 aromatic carbocycles. The van der Waals surface area contributed by atoms with Crippen molar-refractivity contribution in [3.63, 3.8) is 0 Å². The number of hydrogen-bond donors (Lipinski definition) is 2. The topological polar surface area (TPSA) is 90.7 Å². The molecular formula is C17H13N5OS2. The highest BCUT2D eigenvalue weighted by molar-refractivity contribution is 8.01. The van der Waals surface area contributed by atoms with Crippen LogP contribution in [-0.2, 0) is 4.79 Å². The molecule has 0 unspecified atom stereocenters. The Bertz CT molecular complexity index is 905. The average Bonchev–Trinajstić information content (AvgIpc) is 3.08. The van der Waals surface area contributed by atoms with Crippen LogP contribution < -0.4 is 10.6 Å². The Morgan fingerprint density at radius 1 is 1.12 bits per heavy atom. The van der Waals surface area contributed by atoms with Gasteiger partial charge in [0, 0.05) is 11.4 Å². The summed E-state index contributed by atoms with van der Waals surface area (Å²) in [5, 5.41) is 23.6. The second-order valence-electron chi connectivity index (χ2n) is 4.89. The summed E-state index contributed by atoms with van der Waals surface area (Å²) in [6, 6.07) is 18.5. The first kappa shape index (κ1) is 17.0. The van der Waals surface area contributed by atoms with Crippen molar-refractivity contribution in [2.75, 3.05) is 16.4 Å². The summed E-state index contributed by atoms with van der Waals surface area (Å²) in [6.07, 6.45) is 0. The molecular weight excluding hydrogens is 354 g/mol. The van der Waals surface area contributed by atoms with Crippen LogP contribution in [0.2, 0.25) is 0 Å². The van der Waals surface area contributed by atoms with Crippen LogP contribution in [0.5, 0.6) is 0 Å². The Balaban J connectivity index is 1.51. The maximum Gasteiger partial charge on any atom is 0.234 e. The van der Waals surface area contributed by atoms with E-state index in [1.807, 2.05) is 36.4 Å². The van der Waals surface area contributed by atoms with E-state index in [1.54, 1.807) is 24.3 Å². The number of nitrogens with zero attached hydrogens (tertiary/aromatic N) is 3. The van der Waals surface area contributed by atoms with Gasteiger partial charge >= 0.3 is 0 Å². The van der Waals surface area contributed by atoms with Crippen LogP contribution in [0.25, 0.3) is 0 Å². The Hall–Kier alpha value is -2.89. The lowest BCUT2D eigenvalue weighted by atomic mass is 10.2. The second-order valence-corrected chi connectivity index (χ2v) is 7.09. The molecule has 0 atom stereocenters. The zero-order valence-electron chi connectivity index (χ0n) is 13.0. The van der Waals surface area contributed by atoms with Gasteiger partial charge in [-0.05, 0) is 30.3 Å². The number of para-hydroxylation sites is 1. The third-order valence-electron chi connectivity index (χ3n) is 3.03. The minimum Gasteiger partial charge on any atom is -0.330 e. The first-order valence-corrected chi connectivity index (χ1v) is 9.11. The fourth-order valence-corrected chi connectivity index (χ4v) is 3.53. The molecule has 124 valence electrons. The Morgan fingerprint density at radius 3 is 2.72 bits per heavy atom. The molecule has 25 heavy (non-hydrogen) atoms. The molecule has 0 aliphatic carbocycles. The summed E-state index contributed by atoms with van der Waals surface area (Å²) < 4.78 is 0.708. The zero-order valence-corrected chi connectivity index (χ0v) is 14.6. The van der Waals surface area contributed by atoms with Gasteiger partial charge in [0.05, 0.1) is 17.4 Å². The van der Waals surface area contributed by atoms with Crippen molar-refractivity contribution in [1.29, 1.82) is 5.26 Å². The maximum absolute atomic E-state index is 12.0. The number of carbonyl (C=O) groups is 1. The Kier molecular flexibility index (Phi) is 5.61. The molecule has 0 aliphatic heterocycles. The van der Waals surface area contributed by atoms with Crippen LogP contribution in [0.4, 0.5) is 16.5 Å². The molecule has 0 fully saturated rings. The summed E-state index contributed by atoms with van der Waals surface area (Å²) in [5.74, 6) is 0.0596. The average molecular weight is 367 g/mol. The van der Waals surface area contributed by atoms with Gasteiger partial charge in [-0.3, -0.25) is 4.79 Å². The minimum atomic E-state index is -0.159. The van der Waals surface area contributed by atoms with E-state index < -0.39 is 0 Å². The number of aromatic nitrogens is 2. The Labute approximate surface area is 152 Å². The maximum atomic E-state index is 12.0. The van der Waals surface area contributed by atoms with Crippen LogP contribution in [-0.4, -0.2) is 21.9 Å². The van der Waals surface area contributed by atoms with Crippen molar-refractivity contribution < 1.29 is 4.79 Å². The standard InChI is InChI=1S/C17H13N5OS2/c18-10-12-5-4-8-14(9-12)19-15(23)11-24-17-22-21-16(25-17)20-13-6-2-1-3-7-13/h1-9H,11H2,(H,19,23)(H,20,21). The van der Waals surface area contributed by atoms with E-state index >= 15 is 0 Å². The van der Waals surface area contributed by atoms with Gasteiger partial charge < -0.3 is 10.6 Å². The smallest absolute Gasteiger partial charge is 0.234 e. The van der Waals surface area contributed by atoms with Crippen LogP contribution in [0.15, 0.2) is 58.9 Å². The highest BCUT2D eigenvalue weighted by Crippen LogP contribution is 2.27. The lowest BCUT2D eigenvalue weighted by Gasteiger charge is -2.04. The molecule has 0 saturated heterocycles. The molecule has 0 aliphatic rings. The van der Waals surface area contributed by atoms with Crippen molar-refractivity contribution in [2.24, 2.45) is 0 Å². The molecule has 2 N–H and O–H groups in total. The Morgan fingerprint density at radius 2 is 1.92 bits per heavy atom. The number of rotatable bonds is 6. The number of anilines is 3. The molecule has 8 heteroatoms. The van der Waals surface area contributed by atoms with E-state index in [0.29, 0.717) is 20.7 Å². The number of nitriles is 1. The first-order chi connectivity index (χ1) is 12.2. The highest BCUT2D eigenvalue weighted by atomic mass is 32.2. The summed E-state index contributed by atoms with van der Waals surface area (Å²) in [7, 11) is 0. The minimum absolute atomic E-state index is 0.159. The summed E-state index contributed by atoms with van der Waals surface area (Å²) in [5.41, 5.74) is 2.05. The fourth-order valence-electron chi connectivity index (χ4n) is 1.95. The van der Waals surface area contributed by atoms with Gasteiger partial charge in [0.1, 0.15) is 0 Å². The molecule has 0 bridgehead atoms. The quantitative estimate of drug-likeness (QED) is 0.643. The SMILES string of the molecule is N#Cc1cccc(NC(=O)CSc2nnc(Nc3ccccc3)s2)c1. The summed E-state index contributed by atoms with van der Waals surface area (Å²) >= 11 is 2.71. The predicted octanol–water partition coefficient (Wildman–Crippen LogP) is 3.88. The normalized spacial score (nSPS) is 10.0. The van der Waals surface area contributed by atoms with Gasteiger partial charge in [0.25, 0.3) is 0 Å². The number of thioether (sulfide) groups is 1. The molecule has 1 aromatic heterocycles. The number of hydrogen-bond acceptors (Lipinski definition) is 7. The molecule has 0 spiro atoms. The third kappa shape index (κ3) is 5.04. The molecule has 0 radical (unpaired) electrons. The largest absolute Gasteiger partial charge is 0.330 e. The van der Waals surface area contributed by atoms with Gasteiger partial charge in [-0.2, -0.15) is 5.26 Å². The van der Waals surface area contributed by atoms with Gasteiger partial charge in [0.15, 0.2) is 4.34 Å². The lowest BCUT2D eigenvalue weighted by Crippen LogP contribution is -2.13. The molecule has 3 rings (SSSR count). The first-order valence-electron chi connectivity index (χ1n) is 7.31. The molecule has 0 saturated carbocycles. The number of carbonyl (C=O) groups excluding carboxylic acids is 1. The van der Waals surface area contributed by atoms with Crippen molar-refractivity contribution in [3.8, 4) is 6.07 Å². The summed E-state index contributed by atoms with van der Waals surface area (Å²) in [4.78, 5) is 12.0. The van der Waals surface area contributed by atoms with E-state index in [9.17, 15) is 4.79 Å². The predicted molar refractivity (Wildman–Crippen MR) is 100 cm³/mol. The highest BCUT2D eigenvalue weighted by Gasteiger charge is 2.09. The molecule has 1 amide bonds. The van der Waals surface area contributed by atoms with E-state index in [0.717, 1.165) is 5.69 Å². The van der Waals surface area contributed by atoms with Gasteiger partial charge in [-0.15, -0.1) is 10.2 Å². The van der Waals surface area contributed by atoms with Gasteiger partial charge in [-0.25, -0.2) is 0 Å². The van der Waals surface area contributed by atoms with Crippen molar-refractivity contribution in [2.45, 2.75) is 4.34 Å². The van der Waals surface area contributed by atoms with E-state index in [-0.39, 0.29) is 11.7 Å². The van der Waals surface area contributed by atoms with Crippen molar-refractivity contribution >= 4 is 45.5 Å². The number of nitrogens with one attached hydrogen (secondary N) is 2. The number of amides is 1. The lowest BCUT2D eigenvalue weighted by molar-refractivity contribution is -0.113. The third-order valence-corrected chi connectivity index (χ3v) is 5.01. The monoisotopic (exact) mass is 367 g/mol. The fraction of sp³-hybridized carbons (Fsp3) is 0.0588. The van der Waals surface area contributed by atoms with Crippen LogP contribution in [0, 0.1) is 11.3 Å². The van der Waals surface area contributed by atoms with Crippen LogP contribution >= 0.6 is 23.1 Å². The van der Waals surface area contributed by atoms with Crippen molar-refractivity contribution in [1.82, 2.24) is 10.2 Å².